The second-order valence-electron chi connectivity index (χ2n) is 5.30. The first-order chi connectivity index (χ1) is 10.6. The molecule has 3 aromatic rings. The van der Waals surface area contributed by atoms with Gasteiger partial charge in [0.25, 0.3) is 0 Å². The fourth-order valence-corrected chi connectivity index (χ4v) is 2.26. The van der Waals surface area contributed by atoms with E-state index >= 15 is 0 Å². The molecule has 0 fully saturated rings. The molecule has 3 aromatic heterocycles. The largest absolute Gasteiger partial charge is 0.285 e. The highest BCUT2D eigenvalue weighted by Crippen LogP contribution is 2.10. The van der Waals surface area contributed by atoms with Crippen LogP contribution in [0.4, 0.5) is 0 Å². The van der Waals surface area contributed by atoms with Crippen molar-refractivity contribution in [3.8, 4) is 0 Å². The summed E-state index contributed by atoms with van der Waals surface area (Å²) in [7, 11) is 5.56. The van der Waals surface area contributed by atoms with Gasteiger partial charge in [-0.2, -0.15) is 0 Å². The molecular weight excluding hydrogens is 284 g/mol. The van der Waals surface area contributed by atoms with Crippen LogP contribution in [0, 0.1) is 0 Å². The SMILES string of the molecule is Cn1cc(CN(Cc2cn(C)nn2)Cc2cn(C)nn2)nn1. The molecule has 0 unspecified atom stereocenters. The zero-order chi connectivity index (χ0) is 15.5. The van der Waals surface area contributed by atoms with E-state index in [9.17, 15) is 0 Å². The lowest BCUT2D eigenvalue weighted by Crippen LogP contribution is -2.23. The van der Waals surface area contributed by atoms with E-state index in [-0.39, 0.29) is 0 Å². The van der Waals surface area contributed by atoms with Crippen LogP contribution in [0.25, 0.3) is 0 Å². The maximum absolute atomic E-state index is 4.14. The summed E-state index contributed by atoms with van der Waals surface area (Å²) >= 11 is 0. The van der Waals surface area contributed by atoms with Gasteiger partial charge in [-0.1, -0.05) is 15.6 Å². The first kappa shape index (κ1) is 14.3. The van der Waals surface area contributed by atoms with Crippen LogP contribution in [0.3, 0.4) is 0 Å². The Morgan fingerprint density at radius 2 is 1.00 bits per heavy atom. The van der Waals surface area contributed by atoms with Crippen LogP contribution in [0.2, 0.25) is 0 Å². The Morgan fingerprint density at radius 1 is 0.682 bits per heavy atom. The first-order valence-electron chi connectivity index (χ1n) is 6.86. The van der Waals surface area contributed by atoms with Crippen molar-refractivity contribution >= 4 is 0 Å². The first-order valence-corrected chi connectivity index (χ1v) is 6.86. The summed E-state index contributed by atoms with van der Waals surface area (Å²) < 4.78 is 5.08. The van der Waals surface area contributed by atoms with Crippen LogP contribution in [-0.4, -0.2) is 49.9 Å². The van der Waals surface area contributed by atoms with E-state index in [1.165, 1.54) is 0 Å². The summed E-state index contributed by atoms with van der Waals surface area (Å²) in [6.45, 7) is 1.96. The molecule has 10 heteroatoms. The molecule has 0 saturated heterocycles. The summed E-state index contributed by atoms with van der Waals surface area (Å²) in [6.07, 6.45) is 5.71. The van der Waals surface area contributed by atoms with Crippen LogP contribution >= 0.6 is 0 Å². The van der Waals surface area contributed by atoms with E-state index in [1.807, 2.05) is 39.7 Å². The second-order valence-corrected chi connectivity index (χ2v) is 5.30. The van der Waals surface area contributed by atoms with Crippen LogP contribution in [0.15, 0.2) is 18.6 Å². The molecule has 0 aromatic carbocycles. The third-order valence-corrected chi connectivity index (χ3v) is 3.11. The molecule has 0 aliphatic rings. The minimum atomic E-state index is 0.654. The Balaban J connectivity index is 1.74. The molecule has 0 aliphatic carbocycles. The Bertz CT molecular complexity index is 638. The van der Waals surface area contributed by atoms with E-state index in [4.69, 9.17) is 0 Å². The Labute approximate surface area is 127 Å². The highest BCUT2D eigenvalue weighted by atomic mass is 15.4. The Hall–Kier alpha value is -2.62. The van der Waals surface area contributed by atoms with E-state index in [0.717, 1.165) is 17.1 Å². The number of hydrogen-bond acceptors (Lipinski definition) is 7. The average Bonchev–Trinajstić information content (AvgIpc) is 3.14. The van der Waals surface area contributed by atoms with Gasteiger partial charge in [0.05, 0.1) is 17.1 Å². The van der Waals surface area contributed by atoms with Crippen molar-refractivity contribution in [1.29, 1.82) is 0 Å². The fourth-order valence-electron chi connectivity index (χ4n) is 2.26. The second kappa shape index (κ2) is 6.02. The van der Waals surface area contributed by atoms with E-state index < -0.39 is 0 Å². The number of rotatable bonds is 6. The monoisotopic (exact) mass is 302 g/mol. The van der Waals surface area contributed by atoms with E-state index in [0.29, 0.717) is 19.6 Å². The zero-order valence-electron chi connectivity index (χ0n) is 12.8. The quantitative estimate of drug-likeness (QED) is 0.592. The maximum Gasteiger partial charge on any atom is 0.0967 e. The van der Waals surface area contributed by atoms with Crippen molar-refractivity contribution < 1.29 is 0 Å². The van der Waals surface area contributed by atoms with Gasteiger partial charge in [0.15, 0.2) is 0 Å². The predicted molar refractivity (Wildman–Crippen MR) is 76.0 cm³/mol. The summed E-state index contributed by atoms with van der Waals surface area (Å²) in [5.41, 5.74) is 2.70. The highest BCUT2D eigenvalue weighted by molar-refractivity contribution is 4.99. The minimum absolute atomic E-state index is 0.654. The van der Waals surface area contributed by atoms with Crippen molar-refractivity contribution in [3.63, 3.8) is 0 Å². The van der Waals surface area contributed by atoms with Crippen molar-refractivity contribution in [2.45, 2.75) is 19.6 Å². The molecule has 0 saturated carbocycles. The molecular formula is C12H18N10. The van der Waals surface area contributed by atoms with Crippen molar-refractivity contribution in [2.24, 2.45) is 21.1 Å². The molecule has 0 spiro atoms. The van der Waals surface area contributed by atoms with Gasteiger partial charge in [-0.05, 0) is 0 Å². The predicted octanol–water partition coefficient (Wildman–Crippen LogP) is -0.725. The van der Waals surface area contributed by atoms with Gasteiger partial charge >= 0.3 is 0 Å². The molecule has 0 N–H and O–H groups in total. The zero-order valence-corrected chi connectivity index (χ0v) is 12.8. The third kappa shape index (κ3) is 3.52. The summed E-state index contributed by atoms with van der Waals surface area (Å²) in [5, 5.41) is 24.3. The van der Waals surface area contributed by atoms with Crippen LogP contribution < -0.4 is 0 Å². The lowest BCUT2D eigenvalue weighted by molar-refractivity contribution is 0.238. The van der Waals surface area contributed by atoms with Crippen LogP contribution in [0.5, 0.6) is 0 Å². The standard InChI is InChI=1S/C12H18N10/c1-19-4-10(13-16-19)7-22(8-11-5-20(2)17-14-11)9-12-6-21(3)18-15-12/h4-6H,7-9H2,1-3H3. The fraction of sp³-hybridized carbons (Fsp3) is 0.500. The smallest absolute Gasteiger partial charge is 0.0967 e. The Kier molecular flexibility index (Phi) is 3.92. The van der Waals surface area contributed by atoms with Crippen LogP contribution in [0.1, 0.15) is 17.1 Å². The molecule has 10 nitrogen and oxygen atoms in total. The third-order valence-electron chi connectivity index (χ3n) is 3.11. The molecule has 22 heavy (non-hydrogen) atoms. The highest BCUT2D eigenvalue weighted by Gasteiger charge is 2.14. The lowest BCUT2D eigenvalue weighted by atomic mass is 10.3. The lowest BCUT2D eigenvalue weighted by Gasteiger charge is -2.18. The molecule has 3 rings (SSSR count). The van der Waals surface area contributed by atoms with Gasteiger partial charge in [0, 0.05) is 59.4 Å². The van der Waals surface area contributed by atoms with Crippen molar-refractivity contribution in [3.05, 3.63) is 35.7 Å². The minimum Gasteiger partial charge on any atom is -0.285 e. The molecule has 0 radical (unpaired) electrons. The average molecular weight is 302 g/mol. The van der Waals surface area contributed by atoms with E-state index in [1.54, 1.807) is 14.0 Å². The molecule has 0 atom stereocenters. The normalized spacial score (nSPS) is 11.5. The van der Waals surface area contributed by atoms with Gasteiger partial charge in [-0.3, -0.25) is 18.9 Å². The number of aryl methyl sites for hydroxylation is 3. The topological polar surface area (TPSA) is 95.4 Å². The van der Waals surface area contributed by atoms with Gasteiger partial charge < -0.3 is 0 Å². The van der Waals surface area contributed by atoms with Crippen LogP contribution in [-0.2, 0) is 40.8 Å². The summed E-state index contributed by atoms with van der Waals surface area (Å²) in [6, 6.07) is 0. The summed E-state index contributed by atoms with van der Waals surface area (Å²) in [5.74, 6) is 0. The molecule has 116 valence electrons. The summed E-state index contributed by atoms with van der Waals surface area (Å²) in [4.78, 5) is 2.18. The number of aromatic nitrogens is 9. The molecule has 0 bridgehead atoms. The van der Waals surface area contributed by atoms with Gasteiger partial charge in [0.1, 0.15) is 0 Å². The number of hydrogen-bond donors (Lipinski definition) is 0. The van der Waals surface area contributed by atoms with Gasteiger partial charge in [-0.15, -0.1) is 15.3 Å². The molecule has 0 aliphatic heterocycles. The van der Waals surface area contributed by atoms with Crippen molar-refractivity contribution in [1.82, 2.24) is 49.9 Å². The molecule has 0 amide bonds. The van der Waals surface area contributed by atoms with Gasteiger partial charge in [0.2, 0.25) is 0 Å². The molecule has 3 heterocycles. The maximum atomic E-state index is 4.14. The number of nitrogens with zero attached hydrogens (tertiary/aromatic N) is 10. The van der Waals surface area contributed by atoms with E-state index in [2.05, 4.69) is 35.8 Å². The Morgan fingerprint density at radius 3 is 1.23 bits per heavy atom. The van der Waals surface area contributed by atoms with Crippen molar-refractivity contribution in [2.75, 3.05) is 0 Å². The van der Waals surface area contributed by atoms with Gasteiger partial charge in [-0.25, -0.2) is 0 Å².